The normalized spacial score (nSPS) is 17.8. The summed E-state index contributed by atoms with van der Waals surface area (Å²) >= 11 is 1.85. The van der Waals surface area contributed by atoms with Gasteiger partial charge in [0.25, 0.3) is 5.91 Å². The molecule has 0 unspecified atom stereocenters. The molecule has 4 N–H and O–H groups in total. The number of carbonyl (C=O) groups is 1. The van der Waals surface area contributed by atoms with Crippen LogP contribution in [0.3, 0.4) is 0 Å². The van der Waals surface area contributed by atoms with Crippen LogP contribution >= 0.6 is 11.8 Å². The van der Waals surface area contributed by atoms with Crippen molar-refractivity contribution in [3.63, 3.8) is 0 Å². The van der Waals surface area contributed by atoms with Gasteiger partial charge in [-0.05, 0) is 25.2 Å². The van der Waals surface area contributed by atoms with Crippen LogP contribution in [0.4, 0.5) is 5.69 Å². The Hall–Kier alpha value is -1.10. The fourth-order valence-corrected chi connectivity index (χ4v) is 2.82. The Kier molecular flexibility index (Phi) is 3.14. The van der Waals surface area contributed by atoms with Gasteiger partial charge in [-0.2, -0.15) is 11.8 Å². The first-order chi connectivity index (χ1) is 7.65. The molecule has 5 heteroatoms. The van der Waals surface area contributed by atoms with Gasteiger partial charge >= 0.3 is 0 Å². The maximum atomic E-state index is 11.8. The predicted molar refractivity (Wildman–Crippen MR) is 67.6 cm³/mol. The van der Waals surface area contributed by atoms with Crippen molar-refractivity contribution in [2.24, 2.45) is 0 Å². The molecule has 16 heavy (non-hydrogen) atoms. The zero-order valence-corrected chi connectivity index (χ0v) is 10.2. The SMILES string of the molecule is CSC1(CNC(=O)c2cc(N)c[nH]2)CCC1. The third-order valence-corrected chi connectivity index (χ3v) is 4.64. The van der Waals surface area contributed by atoms with Crippen molar-refractivity contribution in [3.05, 3.63) is 18.0 Å². The molecular formula is C11H17N3OS. The lowest BCUT2D eigenvalue weighted by atomic mass is 9.84. The topological polar surface area (TPSA) is 70.9 Å². The second-order valence-electron chi connectivity index (χ2n) is 4.27. The van der Waals surface area contributed by atoms with Crippen molar-refractivity contribution < 1.29 is 4.79 Å². The molecule has 1 aromatic rings. The Balaban J connectivity index is 1.88. The standard InChI is InChI=1S/C11H17N3OS/c1-16-11(3-2-4-11)7-14-10(15)9-5-8(12)6-13-9/h5-6,13H,2-4,7,12H2,1H3,(H,14,15). The average Bonchev–Trinajstić information content (AvgIpc) is 2.64. The third-order valence-electron chi connectivity index (χ3n) is 3.22. The maximum absolute atomic E-state index is 11.8. The first-order valence-corrected chi connectivity index (χ1v) is 6.65. The van der Waals surface area contributed by atoms with Gasteiger partial charge in [0.2, 0.25) is 0 Å². The minimum absolute atomic E-state index is 0.0722. The lowest BCUT2D eigenvalue weighted by molar-refractivity contribution is 0.0939. The molecule has 0 saturated heterocycles. The van der Waals surface area contributed by atoms with E-state index in [9.17, 15) is 4.79 Å². The van der Waals surface area contributed by atoms with Crippen molar-refractivity contribution in [1.82, 2.24) is 10.3 Å². The molecule has 1 heterocycles. The zero-order valence-electron chi connectivity index (χ0n) is 9.38. The molecule has 0 aromatic carbocycles. The number of hydrogen-bond acceptors (Lipinski definition) is 3. The number of anilines is 1. The van der Waals surface area contributed by atoms with Gasteiger partial charge in [-0.25, -0.2) is 0 Å². The Bertz CT molecular complexity index is 379. The van der Waals surface area contributed by atoms with Crippen LogP contribution in [0.15, 0.2) is 12.3 Å². The van der Waals surface area contributed by atoms with Gasteiger partial charge in [-0.3, -0.25) is 4.79 Å². The van der Waals surface area contributed by atoms with Gasteiger partial charge in [0.05, 0.1) is 0 Å². The molecule has 1 aliphatic carbocycles. The van der Waals surface area contributed by atoms with Gasteiger partial charge < -0.3 is 16.0 Å². The molecule has 1 aliphatic rings. The summed E-state index contributed by atoms with van der Waals surface area (Å²) in [7, 11) is 0. The highest BCUT2D eigenvalue weighted by Gasteiger charge is 2.36. The van der Waals surface area contributed by atoms with Crippen LogP contribution in [0, 0.1) is 0 Å². The number of amides is 1. The Morgan fingerprint density at radius 1 is 1.69 bits per heavy atom. The number of rotatable bonds is 4. The summed E-state index contributed by atoms with van der Waals surface area (Å²) in [6, 6.07) is 1.65. The van der Waals surface area contributed by atoms with E-state index in [1.54, 1.807) is 12.3 Å². The maximum Gasteiger partial charge on any atom is 0.267 e. The Morgan fingerprint density at radius 2 is 2.44 bits per heavy atom. The van der Waals surface area contributed by atoms with E-state index in [0.29, 0.717) is 11.4 Å². The number of hydrogen-bond donors (Lipinski definition) is 3. The van der Waals surface area contributed by atoms with Gasteiger partial charge in [0.1, 0.15) is 5.69 Å². The zero-order chi connectivity index (χ0) is 11.6. The van der Waals surface area contributed by atoms with Crippen molar-refractivity contribution in [1.29, 1.82) is 0 Å². The quantitative estimate of drug-likeness (QED) is 0.747. The van der Waals surface area contributed by atoms with Gasteiger partial charge in [-0.1, -0.05) is 6.42 Å². The summed E-state index contributed by atoms with van der Waals surface area (Å²) in [5.41, 5.74) is 6.67. The Morgan fingerprint density at radius 3 is 2.88 bits per heavy atom. The Labute approximate surface area is 99.4 Å². The highest BCUT2D eigenvalue weighted by Crippen LogP contribution is 2.42. The van der Waals surface area contributed by atoms with E-state index in [1.807, 2.05) is 11.8 Å². The van der Waals surface area contributed by atoms with E-state index in [-0.39, 0.29) is 10.7 Å². The summed E-state index contributed by atoms with van der Waals surface area (Å²) in [6.45, 7) is 0.742. The molecular weight excluding hydrogens is 222 g/mol. The number of nitrogen functional groups attached to an aromatic ring is 1. The first kappa shape index (κ1) is 11.4. The number of carbonyl (C=O) groups excluding carboxylic acids is 1. The summed E-state index contributed by atoms with van der Waals surface area (Å²) in [6.07, 6.45) is 7.40. The van der Waals surface area contributed by atoms with E-state index in [2.05, 4.69) is 16.6 Å². The highest BCUT2D eigenvalue weighted by molar-refractivity contribution is 8.00. The first-order valence-electron chi connectivity index (χ1n) is 5.42. The molecule has 0 spiro atoms. The number of thioether (sulfide) groups is 1. The van der Waals surface area contributed by atoms with Crippen LogP contribution in [0.1, 0.15) is 29.8 Å². The van der Waals surface area contributed by atoms with Gasteiger partial charge in [-0.15, -0.1) is 0 Å². The predicted octanol–water partition coefficient (Wildman–Crippen LogP) is 1.61. The molecule has 0 aliphatic heterocycles. The van der Waals surface area contributed by atoms with E-state index in [1.165, 1.54) is 19.3 Å². The number of nitrogens with two attached hydrogens (primary N) is 1. The summed E-state index contributed by atoms with van der Waals surface area (Å²) in [5, 5.41) is 2.96. The summed E-state index contributed by atoms with van der Waals surface area (Å²) in [5.74, 6) is -0.0722. The van der Waals surface area contributed by atoms with E-state index in [4.69, 9.17) is 5.73 Å². The largest absolute Gasteiger partial charge is 0.397 e. The lowest BCUT2D eigenvalue weighted by Crippen LogP contribution is -2.45. The van der Waals surface area contributed by atoms with Crippen molar-refractivity contribution in [2.75, 3.05) is 18.5 Å². The van der Waals surface area contributed by atoms with Crippen LogP contribution < -0.4 is 11.1 Å². The third kappa shape index (κ3) is 2.19. The molecule has 1 fully saturated rings. The second-order valence-corrected chi connectivity index (χ2v) is 5.54. The molecule has 0 bridgehead atoms. The average molecular weight is 239 g/mol. The van der Waals surface area contributed by atoms with Crippen molar-refractivity contribution in [3.8, 4) is 0 Å². The fourth-order valence-electron chi connectivity index (χ4n) is 1.90. The van der Waals surface area contributed by atoms with Crippen LogP contribution in [0.2, 0.25) is 0 Å². The smallest absolute Gasteiger partial charge is 0.267 e. The monoisotopic (exact) mass is 239 g/mol. The molecule has 2 rings (SSSR count). The molecule has 0 radical (unpaired) electrons. The van der Waals surface area contributed by atoms with Crippen LogP contribution in [0.25, 0.3) is 0 Å². The molecule has 1 aromatic heterocycles. The minimum Gasteiger partial charge on any atom is -0.397 e. The molecule has 1 amide bonds. The molecule has 1 saturated carbocycles. The van der Waals surface area contributed by atoms with E-state index in [0.717, 1.165) is 6.54 Å². The fraction of sp³-hybridized carbons (Fsp3) is 0.545. The summed E-state index contributed by atoms with van der Waals surface area (Å²) < 4.78 is 0.272. The van der Waals surface area contributed by atoms with E-state index >= 15 is 0 Å². The number of nitrogens with one attached hydrogen (secondary N) is 2. The van der Waals surface area contributed by atoms with Gasteiger partial charge in [0.15, 0.2) is 0 Å². The van der Waals surface area contributed by atoms with Crippen LogP contribution in [-0.2, 0) is 0 Å². The summed E-state index contributed by atoms with van der Waals surface area (Å²) in [4.78, 5) is 14.6. The second kappa shape index (κ2) is 4.41. The van der Waals surface area contributed by atoms with Crippen molar-refractivity contribution in [2.45, 2.75) is 24.0 Å². The molecule has 88 valence electrons. The number of H-pyrrole nitrogens is 1. The van der Waals surface area contributed by atoms with Crippen molar-refractivity contribution >= 4 is 23.4 Å². The van der Waals surface area contributed by atoms with E-state index < -0.39 is 0 Å². The highest BCUT2D eigenvalue weighted by atomic mass is 32.2. The van der Waals surface area contributed by atoms with Gasteiger partial charge in [0, 0.05) is 23.2 Å². The van der Waals surface area contributed by atoms with Crippen LogP contribution in [-0.4, -0.2) is 28.4 Å². The minimum atomic E-state index is -0.0722. The molecule has 0 atom stereocenters. The van der Waals surface area contributed by atoms with Crippen LogP contribution in [0.5, 0.6) is 0 Å². The lowest BCUT2D eigenvalue weighted by Gasteiger charge is -2.40. The number of aromatic nitrogens is 1. The number of aromatic amines is 1. The molecule has 4 nitrogen and oxygen atoms in total.